The van der Waals surface area contributed by atoms with Gasteiger partial charge in [0.05, 0.1) is 6.10 Å². The van der Waals surface area contributed by atoms with Gasteiger partial charge in [-0.3, -0.25) is 0 Å². The van der Waals surface area contributed by atoms with Gasteiger partial charge in [-0.15, -0.1) is 0 Å². The summed E-state index contributed by atoms with van der Waals surface area (Å²) in [6.07, 6.45) is -2.08. The summed E-state index contributed by atoms with van der Waals surface area (Å²) < 4.78 is 43.1. The largest absolute Gasteiger partial charge is 0.490 e. The normalized spacial score (nSPS) is 16.0. The maximum absolute atomic E-state index is 12.6. The van der Waals surface area contributed by atoms with Crippen LogP contribution in [0.15, 0.2) is 12.3 Å². The molecule has 0 aromatic carbocycles. The molecule has 0 unspecified atom stereocenters. The number of nitrogens with zero attached hydrogens (tertiary/aromatic N) is 1. The van der Waals surface area contributed by atoms with Crippen molar-refractivity contribution in [2.75, 3.05) is 12.4 Å². The Kier molecular flexibility index (Phi) is 2.65. The van der Waals surface area contributed by atoms with Crippen LogP contribution in [0.1, 0.15) is 18.4 Å². The van der Waals surface area contributed by atoms with Crippen LogP contribution in [-0.4, -0.2) is 18.1 Å². The van der Waals surface area contributed by atoms with Crippen molar-refractivity contribution in [2.24, 2.45) is 0 Å². The van der Waals surface area contributed by atoms with E-state index in [-0.39, 0.29) is 11.9 Å². The summed E-state index contributed by atoms with van der Waals surface area (Å²) in [6, 6.07) is 1.28. The molecule has 0 amide bonds. The highest BCUT2D eigenvalue weighted by Gasteiger charge is 2.37. The molecule has 1 heterocycles. The first-order valence-corrected chi connectivity index (χ1v) is 4.92. The van der Waals surface area contributed by atoms with Crippen LogP contribution in [0, 0.1) is 0 Å². The van der Waals surface area contributed by atoms with E-state index in [0.717, 1.165) is 19.0 Å². The first-order chi connectivity index (χ1) is 7.50. The number of hydrogen-bond acceptors (Lipinski definition) is 3. The predicted molar refractivity (Wildman–Crippen MR) is 52.4 cm³/mol. The second-order valence-corrected chi connectivity index (χ2v) is 3.63. The van der Waals surface area contributed by atoms with E-state index >= 15 is 0 Å². The zero-order chi connectivity index (χ0) is 11.8. The molecule has 0 bridgehead atoms. The molecule has 6 heteroatoms. The fraction of sp³-hybridized carbons (Fsp3) is 0.500. The van der Waals surface area contributed by atoms with Gasteiger partial charge in [0.2, 0.25) is 0 Å². The molecule has 1 aliphatic carbocycles. The number of aromatic nitrogens is 1. The van der Waals surface area contributed by atoms with Crippen molar-refractivity contribution in [2.45, 2.75) is 25.1 Å². The molecule has 1 aliphatic rings. The Morgan fingerprint density at radius 3 is 2.62 bits per heavy atom. The second-order valence-electron chi connectivity index (χ2n) is 3.63. The topological polar surface area (TPSA) is 34.1 Å². The van der Waals surface area contributed by atoms with Gasteiger partial charge in [0.15, 0.2) is 0 Å². The van der Waals surface area contributed by atoms with Crippen LogP contribution in [0.5, 0.6) is 5.75 Å². The first-order valence-electron chi connectivity index (χ1n) is 4.92. The lowest BCUT2D eigenvalue weighted by atomic mass is 10.2. The minimum atomic E-state index is -4.43. The fourth-order valence-electron chi connectivity index (χ4n) is 1.25. The van der Waals surface area contributed by atoms with Crippen LogP contribution in [0.2, 0.25) is 0 Å². The lowest BCUT2D eigenvalue weighted by molar-refractivity contribution is -0.139. The summed E-state index contributed by atoms with van der Waals surface area (Å²) >= 11 is 0. The van der Waals surface area contributed by atoms with Crippen molar-refractivity contribution in [1.29, 1.82) is 0 Å². The molecule has 88 valence electrons. The van der Waals surface area contributed by atoms with Gasteiger partial charge in [0.25, 0.3) is 0 Å². The van der Waals surface area contributed by atoms with Gasteiger partial charge in [0, 0.05) is 19.3 Å². The van der Waals surface area contributed by atoms with Crippen LogP contribution in [0.3, 0.4) is 0 Å². The highest BCUT2D eigenvalue weighted by atomic mass is 19.4. The Balaban J connectivity index is 2.33. The van der Waals surface area contributed by atoms with Gasteiger partial charge in [-0.2, -0.15) is 13.2 Å². The van der Waals surface area contributed by atoms with E-state index in [2.05, 4.69) is 10.3 Å². The Morgan fingerprint density at radius 2 is 2.12 bits per heavy atom. The van der Waals surface area contributed by atoms with Crippen LogP contribution in [-0.2, 0) is 6.18 Å². The molecule has 0 aliphatic heterocycles. The molecule has 1 aromatic heterocycles. The van der Waals surface area contributed by atoms with E-state index < -0.39 is 11.7 Å². The lowest BCUT2D eigenvalue weighted by Crippen LogP contribution is -2.11. The zero-order valence-corrected chi connectivity index (χ0v) is 8.64. The van der Waals surface area contributed by atoms with E-state index in [1.54, 1.807) is 7.05 Å². The number of halogens is 3. The van der Waals surface area contributed by atoms with Gasteiger partial charge >= 0.3 is 6.18 Å². The van der Waals surface area contributed by atoms with Crippen molar-refractivity contribution < 1.29 is 17.9 Å². The monoisotopic (exact) mass is 232 g/mol. The molecule has 2 rings (SSSR count). The molecule has 0 radical (unpaired) electrons. The van der Waals surface area contributed by atoms with Crippen LogP contribution < -0.4 is 10.1 Å². The Bertz CT molecular complexity index is 388. The number of anilines is 1. The highest BCUT2D eigenvalue weighted by Crippen LogP contribution is 2.39. The third kappa shape index (κ3) is 2.37. The Hall–Kier alpha value is -1.46. The smallest absolute Gasteiger partial charge is 0.421 e. The maximum atomic E-state index is 12.6. The number of nitrogens with one attached hydrogen (secondary N) is 1. The number of rotatable bonds is 3. The quantitative estimate of drug-likeness (QED) is 0.869. The Labute approximate surface area is 90.6 Å². The van der Waals surface area contributed by atoms with Crippen molar-refractivity contribution in [3.8, 4) is 5.75 Å². The summed E-state index contributed by atoms with van der Waals surface area (Å²) in [5, 5.41) is 2.68. The van der Waals surface area contributed by atoms with Gasteiger partial charge in [0.1, 0.15) is 17.1 Å². The van der Waals surface area contributed by atoms with E-state index in [1.165, 1.54) is 6.07 Å². The molecule has 16 heavy (non-hydrogen) atoms. The lowest BCUT2D eigenvalue weighted by Gasteiger charge is -2.14. The summed E-state index contributed by atoms with van der Waals surface area (Å²) in [4.78, 5) is 3.64. The molecule has 0 saturated heterocycles. The van der Waals surface area contributed by atoms with E-state index in [4.69, 9.17) is 4.74 Å². The van der Waals surface area contributed by atoms with Gasteiger partial charge in [-0.1, -0.05) is 0 Å². The second kappa shape index (κ2) is 3.84. The summed E-state index contributed by atoms with van der Waals surface area (Å²) in [5.41, 5.74) is -0.821. The summed E-state index contributed by atoms with van der Waals surface area (Å²) in [5.74, 6) is 0.220. The molecular formula is C10H11F3N2O. The van der Waals surface area contributed by atoms with E-state index in [9.17, 15) is 13.2 Å². The molecular weight excluding hydrogens is 221 g/mol. The maximum Gasteiger partial charge on any atom is 0.421 e. The fourth-order valence-corrected chi connectivity index (χ4v) is 1.25. The van der Waals surface area contributed by atoms with Crippen LogP contribution in [0.25, 0.3) is 0 Å². The van der Waals surface area contributed by atoms with Crippen molar-refractivity contribution >= 4 is 5.82 Å². The molecule has 0 spiro atoms. The SMILES string of the molecule is CNc1cc(OC2CC2)c(C(F)(F)F)cn1. The molecule has 1 aromatic rings. The zero-order valence-electron chi connectivity index (χ0n) is 8.64. The summed E-state index contributed by atoms with van der Waals surface area (Å²) in [7, 11) is 1.59. The minimum Gasteiger partial charge on any atom is -0.490 e. The Morgan fingerprint density at radius 1 is 1.44 bits per heavy atom. The molecule has 1 N–H and O–H groups in total. The van der Waals surface area contributed by atoms with E-state index in [1.807, 2.05) is 0 Å². The van der Waals surface area contributed by atoms with E-state index in [0.29, 0.717) is 5.82 Å². The molecule has 1 saturated carbocycles. The average Bonchev–Trinajstić information content (AvgIpc) is 3.00. The van der Waals surface area contributed by atoms with Gasteiger partial charge < -0.3 is 10.1 Å². The number of ether oxygens (including phenoxy) is 1. The van der Waals surface area contributed by atoms with Crippen molar-refractivity contribution in [3.05, 3.63) is 17.8 Å². The van der Waals surface area contributed by atoms with Gasteiger partial charge in [-0.05, 0) is 12.8 Å². The summed E-state index contributed by atoms with van der Waals surface area (Å²) in [6.45, 7) is 0. The third-order valence-electron chi connectivity index (χ3n) is 2.25. The standard InChI is InChI=1S/C10H11F3N2O/c1-14-9-4-8(16-6-2-3-6)7(5-15-9)10(11,12)13/h4-6H,2-3H2,1H3,(H,14,15). The van der Waals surface area contributed by atoms with Crippen LogP contribution >= 0.6 is 0 Å². The molecule has 1 fully saturated rings. The molecule has 0 atom stereocenters. The van der Waals surface area contributed by atoms with Crippen LogP contribution in [0.4, 0.5) is 19.0 Å². The number of pyridine rings is 1. The molecule has 3 nitrogen and oxygen atoms in total. The predicted octanol–water partition coefficient (Wildman–Crippen LogP) is 2.68. The first kappa shape index (κ1) is 11.0. The number of alkyl halides is 3. The highest BCUT2D eigenvalue weighted by molar-refractivity contribution is 5.46. The van der Waals surface area contributed by atoms with Gasteiger partial charge in [-0.25, -0.2) is 4.98 Å². The number of hydrogen-bond donors (Lipinski definition) is 1. The van der Waals surface area contributed by atoms with Crippen molar-refractivity contribution in [3.63, 3.8) is 0 Å². The average molecular weight is 232 g/mol. The van der Waals surface area contributed by atoms with Crippen molar-refractivity contribution in [1.82, 2.24) is 4.98 Å². The minimum absolute atomic E-state index is 0.0757. The third-order valence-corrected chi connectivity index (χ3v) is 2.25.